The first-order valence-corrected chi connectivity index (χ1v) is 12.6. The van der Waals surface area contributed by atoms with E-state index in [-0.39, 0.29) is 16.6 Å². The van der Waals surface area contributed by atoms with Gasteiger partial charge in [0.25, 0.3) is 0 Å². The number of terminal acetylenes is 1. The highest BCUT2D eigenvalue weighted by Gasteiger charge is 2.63. The molecule has 5 heteroatoms. The van der Waals surface area contributed by atoms with Crippen molar-refractivity contribution in [2.75, 3.05) is 0 Å². The van der Waals surface area contributed by atoms with E-state index in [1.165, 1.54) is 28.4 Å². The van der Waals surface area contributed by atoms with Gasteiger partial charge >= 0.3 is 0 Å². The quantitative estimate of drug-likeness (QED) is 0.553. The maximum atomic E-state index is 13.3. The molecule has 3 nitrogen and oxygen atoms in total. The summed E-state index contributed by atoms with van der Waals surface area (Å²) in [6, 6.07) is 3.17. The van der Waals surface area contributed by atoms with Crippen molar-refractivity contribution in [1.29, 1.82) is 0 Å². The Morgan fingerprint density at radius 3 is 2.75 bits per heavy atom. The third kappa shape index (κ3) is 2.57. The zero-order chi connectivity index (χ0) is 22.3. The van der Waals surface area contributed by atoms with E-state index in [0.717, 1.165) is 55.6 Å². The molecule has 2 saturated carbocycles. The number of aryl methyl sites for hydroxylation is 1. The maximum Gasteiger partial charge on any atom is 0.142 e. The second-order valence-corrected chi connectivity index (χ2v) is 11.8. The first kappa shape index (κ1) is 20.6. The highest BCUT2D eigenvalue weighted by atomic mass is 32.1. The molecule has 0 aromatic carbocycles. The molecule has 0 spiro atoms. The van der Waals surface area contributed by atoms with E-state index in [4.69, 9.17) is 11.4 Å². The molecule has 2 aromatic rings. The summed E-state index contributed by atoms with van der Waals surface area (Å²) >= 11 is 1.71. The second kappa shape index (κ2) is 6.74. The van der Waals surface area contributed by atoms with Crippen LogP contribution in [0.2, 0.25) is 0 Å². The lowest BCUT2D eigenvalue weighted by Gasteiger charge is -2.57. The molecule has 166 valence electrons. The number of fused-ring (bicyclic) bond motifs is 7. The fourth-order valence-electron chi connectivity index (χ4n) is 7.74. The number of pyridine rings is 1. The standard InChI is InChI=1S/C27H29FN2OS/c1-4-27(31)14-10-19-17-6-7-20-23-21(30-24(32-23)22-8-5-16(28)15-29-22)11-12-25(20,2)18(17)9-13-26(19,27)3/h1,5,7-8,15,17-19,31H,6,9-14H2,2-3H3/t17-,18+,19+,25-,26+,27+/m1/s1. The Kier molecular flexibility index (Phi) is 4.33. The Hall–Kier alpha value is -2.03. The van der Waals surface area contributed by atoms with Crippen molar-refractivity contribution in [2.45, 2.75) is 64.4 Å². The summed E-state index contributed by atoms with van der Waals surface area (Å²) in [7, 11) is 0. The minimum Gasteiger partial charge on any atom is -0.377 e. The molecule has 0 saturated heterocycles. The van der Waals surface area contributed by atoms with Crippen LogP contribution in [0.3, 0.4) is 0 Å². The monoisotopic (exact) mass is 448 g/mol. The molecule has 1 N–H and O–H groups in total. The molecule has 2 fully saturated rings. The molecule has 6 rings (SSSR count). The van der Waals surface area contributed by atoms with Gasteiger partial charge in [0.2, 0.25) is 0 Å². The Morgan fingerprint density at radius 1 is 1.19 bits per heavy atom. The Bertz CT molecular complexity index is 1160. The van der Waals surface area contributed by atoms with Crippen LogP contribution in [-0.4, -0.2) is 20.7 Å². The fourth-order valence-corrected chi connectivity index (χ4v) is 9.01. The molecule has 0 unspecified atom stereocenters. The number of allylic oxidation sites excluding steroid dienone is 2. The molecule has 0 bridgehead atoms. The number of thiazole rings is 1. The Labute approximate surface area is 193 Å². The second-order valence-electron chi connectivity index (χ2n) is 10.8. The third-order valence-corrected chi connectivity index (χ3v) is 10.8. The van der Waals surface area contributed by atoms with Gasteiger partial charge in [-0.2, -0.15) is 0 Å². The molecule has 0 aliphatic heterocycles. The third-order valence-electron chi connectivity index (χ3n) is 9.62. The minimum atomic E-state index is -0.956. The smallest absolute Gasteiger partial charge is 0.142 e. The molecule has 2 aromatic heterocycles. The molecule has 32 heavy (non-hydrogen) atoms. The van der Waals surface area contributed by atoms with Crippen molar-refractivity contribution >= 4 is 16.9 Å². The van der Waals surface area contributed by atoms with E-state index in [1.807, 2.05) is 0 Å². The van der Waals surface area contributed by atoms with Crippen LogP contribution in [0, 0.1) is 46.7 Å². The van der Waals surface area contributed by atoms with Crippen LogP contribution >= 0.6 is 11.3 Å². The first-order chi connectivity index (χ1) is 15.3. The number of aromatic nitrogens is 2. The molecule has 6 atom stereocenters. The molecular weight excluding hydrogens is 419 g/mol. The maximum absolute atomic E-state index is 13.3. The first-order valence-electron chi connectivity index (χ1n) is 11.8. The molecule has 0 amide bonds. The van der Waals surface area contributed by atoms with Crippen LogP contribution in [0.15, 0.2) is 24.4 Å². The molecular formula is C27H29FN2OS. The Balaban J connectivity index is 1.38. The summed E-state index contributed by atoms with van der Waals surface area (Å²) in [6.07, 6.45) is 16.6. The van der Waals surface area contributed by atoms with Crippen LogP contribution in [0.25, 0.3) is 16.3 Å². The van der Waals surface area contributed by atoms with Gasteiger partial charge in [0.15, 0.2) is 0 Å². The van der Waals surface area contributed by atoms with Gasteiger partial charge in [0, 0.05) is 5.41 Å². The predicted octanol–water partition coefficient (Wildman–Crippen LogP) is 5.89. The predicted molar refractivity (Wildman–Crippen MR) is 125 cm³/mol. The number of halogens is 1. The van der Waals surface area contributed by atoms with Gasteiger partial charge in [-0.1, -0.05) is 25.8 Å². The van der Waals surface area contributed by atoms with Crippen LogP contribution in [0.5, 0.6) is 0 Å². The van der Waals surface area contributed by atoms with Crippen LogP contribution in [0.1, 0.15) is 62.9 Å². The largest absolute Gasteiger partial charge is 0.377 e. The zero-order valence-electron chi connectivity index (χ0n) is 18.7. The van der Waals surface area contributed by atoms with Gasteiger partial charge in [-0.15, -0.1) is 17.8 Å². The van der Waals surface area contributed by atoms with E-state index in [0.29, 0.717) is 17.8 Å². The number of hydrogen-bond donors (Lipinski definition) is 1. The molecule has 4 aliphatic rings. The topological polar surface area (TPSA) is 46.0 Å². The molecule has 0 radical (unpaired) electrons. The van der Waals surface area contributed by atoms with Crippen molar-refractivity contribution in [2.24, 2.45) is 28.6 Å². The Morgan fingerprint density at radius 2 is 2.00 bits per heavy atom. The number of aliphatic hydroxyl groups is 1. The number of nitrogens with zero attached hydrogens (tertiary/aromatic N) is 2. The molecule has 4 aliphatic carbocycles. The fraction of sp³-hybridized carbons (Fsp3) is 0.556. The summed E-state index contributed by atoms with van der Waals surface area (Å²) in [5.74, 6) is 4.14. The van der Waals surface area contributed by atoms with E-state index in [2.05, 4.69) is 30.8 Å². The molecule has 2 heterocycles. The summed E-state index contributed by atoms with van der Waals surface area (Å²) in [5.41, 5.74) is 2.38. The average molecular weight is 449 g/mol. The van der Waals surface area contributed by atoms with Gasteiger partial charge in [-0.05, 0) is 85.8 Å². The van der Waals surface area contributed by atoms with Crippen molar-refractivity contribution in [1.82, 2.24) is 9.97 Å². The van der Waals surface area contributed by atoms with E-state index in [9.17, 15) is 9.50 Å². The van der Waals surface area contributed by atoms with Gasteiger partial charge in [0.1, 0.15) is 16.4 Å². The van der Waals surface area contributed by atoms with Gasteiger partial charge in [-0.25, -0.2) is 9.37 Å². The number of rotatable bonds is 1. The zero-order valence-corrected chi connectivity index (χ0v) is 19.5. The normalized spacial score (nSPS) is 39.8. The van der Waals surface area contributed by atoms with Crippen molar-refractivity contribution in [3.8, 4) is 23.0 Å². The van der Waals surface area contributed by atoms with Crippen LogP contribution in [0.4, 0.5) is 4.39 Å². The average Bonchev–Trinajstić information content (AvgIpc) is 3.33. The summed E-state index contributed by atoms with van der Waals surface area (Å²) in [4.78, 5) is 10.5. The van der Waals surface area contributed by atoms with E-state index < -0.39 is 5.60 Å². The van der Waals surface area contributed by atoms with Gasteiger partial charge in [0.05, 0.1) is 22.5 Å². The summed E-state index contributed by atoms with van der Waals surface area (Å²) < 4.78 is 13.3. The summed E-state index contributed by atoms with van der Waals surface area (Å²) in [5, 5.41) is 12.1. The van der Waals surface area contributed by atoms with E-state index >= 15 is 0 Å². The van der Waals surface area contributed by atoms with Crippen LogP contribution < -0.4 is 0 Å². The van der Waals surface area contributed by atoms with Gasteiger partial charge in [-0.3, -0.25) is 4.98 Å². The highest BCUT2D eigenvalue weighted by Crippen LogP contribution is 2.68. The SMILES string of the molecule is C#C[C@]1(O)CC[C@H]2[C@@H]3CC=C4c5sc(-c6ccc(F)cn6)nc5CC[C@]4(C)[C@H]3CC[C@@]21C. The highest BCUT2D eigenvalue weighted by molar-refractivity contribution is 7.16. The summed E-state index contributed by atoms with van der Waals surface area (Å²) in [6.45, 7) is 4.70. The minimum absolute atomic E-state index is 0.133. The lowest BCUT2D eigenvalue weighted by atomic mass is 9.47. The lowest BCUT2D eigenvalue weighted by Crippen LogP contribution is -2.53. The van der Waals surface area contributed by atoms with E-state index in [1.54, 1.807) is 17.4 Å². The van der Waals surface area contributed by atoms with Crippen molar-refractivity contribution in [3.05, 3.63) is 40.8 Å². The lowest BCUT2D eigenvalue weighted by molar-refractivity contribution is -0.0886. The van der Waals surface area contributed by atoms with Crippen molar-refractivity contribution in [3.63, 3.8) is 0 Å². The van der Waals surface area contributed by atoms with Crippen molar-refractivity contribution < 1.29 is 9.50 Å². The number of hydrogen-bond acceptors (Lipinski definition) is 4. The van der Waals surface area contributed by atoms with Gasteiger partial charge < -0.3 is 5.11 Å². The van der Waals surface area contributed by atoms with Crippen LogP contribution in [-0.2, 0) is 6.42 Å².